The number of carbonyl (C=O) groups excluding carboxylic acids is 1. The molecule has 0 unspecified atom stereocenters. The number of hydrogen-bond acceptors (Lipinski definition) is 4. The Morgan fingerprint density at radius 3 is 2.12 bits per heavy atom. The van der Waals surface area contributed by atoms with E-state index in [0.29, 0.717) is 11.1 Å². The molecule has 0 fully saturated rings. The number of phenols is 1. The molecule has 0 bridgehead atoms. The SMILES string of the molecule is NS(=O)(=O)c1ccccc1-c1ccccc1C(=O)Nc1ccccc1O. The fourth-order valence-electron chi connectivity index (χ4n) is 2.62. The maximum Gasteiger partial charge on any atom is 0.256 e. The second-order valence-electron chi connectivity index (χ2n) is 5.56. The van der Waals surface area contributed by atoms with E-state index in [4.69, 9.17) is 5.14 Å². The van der Waals surface area contributed by atoms with Crippen LogP contribution in [-0.2, 0) is 10.0 Å². The van der Waals surface area contributed by atoms with Crippen LogP contribution in [0.2, 0.25) is 0 Å². The van der Waals surface area contributed by atoms with Crippen molar-refractivity contribution in [2.24, 2.45) is 5.14 Å². The van der Waals surface area contributed by atoms with Gasteiger partial charge in [-0.2, -0.15) is 0 Å². The Morgan fingerprint density at radius 2 is 1.42 bits per heavy atom. The monoisotopic (exact) mass is 368 g/mol. The number of aromatic hydroxyl groups is 1. The average Bonchev–Trinajstić information content (AvgIpc) is 2.63. The molecule has 0 radical (unpaired) electrons. The highest BCUT2D eigenvalue weighted by Crippen LogP contribution is 2.30. The lowest BCUT2D eigenvalue weighted by molar-refractivity contribution is 0.102. The summed E-state index contributed by atoms with van der Waals surface area (Å²) >= 11 is 0. The highest BCUT2D eigenvalue weighted by molar-refractivity contribution is 7.89. The highest BCUT2D eigenvalue weighted by Gasteiger charge is 2.19. The number of anilines is 1. The van der Waals surface area contributed by atoms with Crippen molar-refractivity contribution in [2.45, 2.75) is 4.90 Å². The van der Waals surface area contributed by atoms with Gasteiger partial charge in [0, 0.05) is 11.1 Å². The van der Waals surface area contributed by atoms with Crippen LogP contribution in [0.1, 0.15) is 10.4 Å². The van der Waals surface area contributed by atoms with Gasteiger partial charge in [0.2, 0.25) is 10.0 Å². The number of amides is 1. The Bertz CT molecular complexity index is 1080. The molecule has 0 heterocycles. The van der Waals surface area contributed by atoms with Gasteiger partial charge in [0.1, 0.15) is 5.75 Å². The minimum absolute atomic E-state index is 0.0664. The summed E-state index contributed by atoms with van der Waals surface area (Å²) in [5.74, 6) is -0.547. The second kappa shape index (κ2) is 6.99. The third-order valence-electron chi connectivity index (χ3n) is 3.81. The Labute approximate surface area is 151 Å². The number of sulfonamides is 1. The van der Waals surface area contributed by atoms with Gasteiger partial charge < -0.3 is 10.4 Å². The Morgan fingerprint density at radius 1 is 0.846 bits per heavy atom. The molecule has 3 aromatic carbocycles. The first-order valence-electron chi connectivity index (χ1n) is 7.68. The van der Waals surface area contributed by atoms with Crippen LogP contribution in [-0.4, -0.2) is 19.4 Å². The first-order valence-corrected chi connectivity index (χ1v) is 9.23. The number of rotatable bonds is 4. The van der Waals surface area contributed by atoms with Crippen LogP contribution < -0.4 is 10.5 Å². The van der Waals surface area contributed by atoms with Gasteiger partial charge in [-0.25, -0.2) is 13.6 Å². The lowest BCUT2D eigenvalue weighted by Gasteiger charge is -2.13. The first kappa shape index (κ1) is 17.7. The number of carbonyl (C=O) groups is 1. The van der Waals surface area contributed by atoms with Crippen LogP contribution >= 0.6 is 0 Å². The number of hydrogen-bond donors (Lipinski definition) is 3. The van der Waals surface area contributed by atoms with Gasteiger partial charge in [-0.05, 0) is 29.8 Å². The van der Waals surface area contributed by atoms with Crippen molar-refractivity contribution < 1.29 is 18.3 Å². The lowest BCUT2D eigenvalue weighted by Crippen LogP contribution is -2.16. The topological polar surface area (TPSA) is 109 Å². The van der Waals surface area contributed by atoms with Crippen molar-refractivity contribution in [2.75, 3.05) is 5.32 Å². The Kier molecular flexibility index (Phi) is 4.75. The summed E-state index contributed by atoms with van der Waals surface area (Å²) in [6.07, 6.45) is 0. The van der Waals surface area contributed by atoms with Gasteiger partial charge in [0.05, 0.1) is 10.6 Å². The van der Waals surface area contributed by atoms with Crippen LogP contribution in [0.5, 0.6) is 5.75 Å². The summed E-state index contributed by atoms with van der Waals surface area (Å²) in [6.45, 7) is 0. The zero-order valence-electron chi connectivity index (χ0n) is 13.6. The normalized spacial score (nSPS) is 11.1. The van der Waals surface area contributed by atoms with Crippen molar-refractivity contribution in [3.05, 3.63) is 78.4 Å². The van der Waals surface area contributed by atoms with Crippen LogP contribution in [0.4, 0.5) is 5.69 Å². The summed E-state index contributed by atoms with van der Waals surface area (Å²) in [6, 6.07) is 19.1. The van der Waals surface area contributed by atoms with Gasteiger partial charge in [0.15, 0.2) is 0 Å². The van der Waals surface area contributed by atoms with Crippen LogP contribution in [0.3, 0.4) is 0 Å². The van der Waals surface area contributed by atoms with E-state index in [1.807, 2.05) is 0 Å². The molecular formula is C19H16N2O4S. The van der Waals surface area contributed by atoms with E-state index in [9.17, 15) is 18.3 Å². The maximum absolute atomic E-state index is 12.7. The van der Waals surface area contributed by atoms with E-state index in [0.717, 1.165) is 0 Å². The number of nitrogens with one attached hydrogen (secondary N) is 1. The summed E-state index contributed by atoms with van der Waals surface area (Å²) < 4.78 is 23.8. The second-order valence-corrected chi connectivity index (χ2v) is 7.09. The molecule has 132 valence electrons. The molecule has 0 atom stereocenters. The van der Waals surface area contributed by atoms with Gasteiger partial charge in [-0.1, -0.05) is 48.5 Å². The van der Waals surface area contributed by atoms with Crippen LogP contribution in [0.15, 0.2) is 77.7 Å². The Balaban J connectivity index is 2.08. The fourth-order valence-corrected chi connectivity index (χ4v) is 3.37. The molecule has 0 aliphatic rings. The number of benzene rings is 3. The molecule has 3 aromatic rings. The summed E-state index contributed by atoms with van der Waals surface area (Å²) in [5, 5.41) is 17.8. The zero-order valence-corrected chi connectivity index (χ0v) is 14.4. The minimum Gasteiger partial charge on any atom is -0.506 e. The number of phenolic OH excluding ortho intramolecular Hbond substituents is 1. The standard InChI is InChI=1S/C19H16N2O4S/c20-26(24,25)18-12-6-3-8-14(18)13-7-1-2-9-15(13)19(23)21-16-10-4-5-11-17(16)22/h1-12,22H,(H,21,23)(H2,20,24,25). The third kappa shape index (κ3) is 3.58. The molecule has 3 rings (SSSR count). The van der Waals surface area contributed by atoms with E-state index in [1.165, 1.54) is 12.1 Å². The molecule has 4 N–H and O–H groups in total. The molecule has 0 spiro atoms. The minimum atomic E-state index is -3.96. The average molecular weight is 368 g/mol. The fraction of sp³-hybridized carbons (Fsp3) is 0. The predicted octanol–water partition coefficient (Wildman–Crippen LogP) is 2.96. The van der Waals surface area contributed by atoms with Gasteiger partial charge >= 0.3 is 0 Å². The first-order chi connectivity index (χ1) is 12.4. The number of primary sulfonamides is 1. The Hall–Kier alpha value is -3.16. The highest BCUT2D eigenvalue weighted by atomic mass is 32.2. The molecule has 6 nitrogen and oxygen atoms in total. The molecule has 0 aromatic heterocycles. The quantitative estimate of drug-likeness (QED) is 0.615. The largest absolute Gasteiger partial charge is 0.506 e. The van der Waals surface area contributed by atoms with Gasteiger partial charge in [-0.3, -0.25) is 4.79 Å². The summed E-state index contributed by atoms with van der Waals surface area (Å²) in [5.41, 5.74) is 1.27. The molecule has 0 saturated carbocycles. The molecule has 1 amide bonds. The van der Waals surface area contributed by atoms with Crippen LogP contribution in [0, 0.1) is 0 Å². The van der Waals surface area contributed by atoms with E-state index in [1.54, 1.807) is 60.7 Å². The summed E-state index contributed by atoms with van der Waals surface area (Å²) in [4.78, 5) is 12.7. The molecular weight excluding hydrogens is 352 g/mol. The van der Waals surface area contributed by atoms with E-state index in [2.05, 4.69) is 5.32 Å². The number of nitrogens with two attached hydrogens (primary N) is 1. The smallest absolute Gasteiger partial charge is 0.256 e. The van der Waals surface area contributed by atoms with Crippen molar-refractivity contribution in [3.8, 4) is 16.9 Å². The maximum atomic E-state index is 12.7. The lowest BCUT2D eigenvalue weighted by atomic mass is 9.99. The molecule has 0 aliphatic heterocycles. The van der Waals surface area contributed by atoms with E-state index < -0.39 is 15.9 Å². The van der Waals surface area contributed by atoms with Crippen molar-refractivity contribution in [3.63, 3.8) is 0 Å². The zero-order chi connectivity index (χ0) is 18.7. The van der Waals surface area contributed by atoms with Gasteiger partial charge in [-0.15, -0.1) is 0 Å². The van der Waals surface area contributed by atoms with Crippen molar-refractivity contribution in [1.82, 2.24) is 0 Å². The van der Waals surface area contributed by atoms with Crippen molar-refractivity contribution in [1.29, 1.82) is 0 Å². The van der Waals surface area contributed by atoms with Crippen molar-refractivity contribution >= 4 is 21.6 Å². The van der Waals surface area contributed by atoms with Gasteiger partial charge in [0.25, 0.3) is 5.91 Å². The molecule has 7 heteroatoms. The molecule has 0 saturated heterocycles. The predicted molar refractivity (Wildman–Crippen MR) is 99.3 cm³/mol. The molecule has 0 aliphatic carbocycles. The number of para-hydroxylation sites is 2. The van der Waals surface area contributed by atoms with E-state index in [-0.39, 0.29) is 21.9 Å². The summed E-state index contributed by atoms with van der Waals surface area (Å²) in [7, 11) is -3.96. The van der Waals surface area contributed by atoms with Crippen LogP contribution in [0.25, 0.3) is 11.1 Å². The van der Waals surface area contributed by atoms with E-state index >= 15 is 0 Å². The molecule has 26 heavy (non-hydrogen) atoms. The third-order valence-corrected chi connectivity index (χ3v) is 4.78.